The number of amides is 1. The van der Waals surface area contributed by atoms with E-state index in [1.165, 1.54) is 89.9 Å². The number of nitrogens with one attached hydrogen (secondary N) is 1. The Labute approximate surface area is 336 Å². The Bertz CT molecular complexity index is 1090. The van der Waals surface area contributed by atoms with E-state index >= 15 is 0 Å². The zero-order valence-corrected chi connectivity index (χ0v) is 35.7. The van der Waals surface area contributed by atoms with Gasteiger partial charge in [0.1, 0.15) is 12.7 Å². The molecular formula is C45H80NO8P. The average molecular weight is 794 g/mol. The Morgan fingerprint density at radius 3 is 1.56 bits per heavy atom. The van der Waals surface area contributed by atoms with Crippen molar-refractivity contribution in [2.75, 3.05) is 26.4 Å². The van der Waals surface area contributed by atoms with Gasteiger partial charge in [0.25, 0.3) is 0 Å². The van der Waals surface area contributed by atoms with E-state index in [0.717, 1.165) is 57.8 Å². The van der Waals surface area contributed by atoms with Gasteiger partial charge < -0.3 is 20.1 Å². The molecule has 1 amide bonds. The van der Waals surface area contributed by atoms with Crippen LogP contribution in [0.1, 0.15) is 181 Å². The Balaban J connectivity index is 3.69. The van der Waals surface area contributed by atoms with Crippen molar-refractivity contribution >= 4 is 19.7 Å². The Morgan fingerprint density at radius 1 is 0.564 bits per heavy atom. The van der Waals surface area contributed by atoms with Crippen molar-refractivity contribution in [1.29, 1.82) is 0 Å². The molecule has 0 radical (unpaired) electrons. The molecule has 0 bridgehead atoms. The second-order valence-electron chi connectivity index (χ2n) is 14.3. The fourth-order valence-electron chi connectivity index (χ4n) is 5.60. The lowest BCUT2D eigenvalue weighted by Crippen LogP contribution is -2.27. The van der Waals surface area contributed by atoms with Crippen molar-refractivity contribution in [3.05, 3.63) is 60.8 Å². The lowest BCUT2D eigenvalue weighted by molar-refractivity contribution is -0.147. The highest BCUT2D eigenvalue weighted by atomic mass is 31.2. The van der Waals surface area contributed by atoms with Gasteiger partial charge in [0.05, 0.1) is 13.2 Å². The number of carbonyl (C=O) groups is 2. The normalized spacial score (nSPS) is 13.9. The van der Waals surface area contributed by atoms with Gasteiger partial charge in [0, 0.05) is 19.4 Å². The number of hydrogen-bond acceptors (Lipinski definition) is 7. The number of carbonyl (C=O) groups excluding carboxylic acids is 2. The largest absolute Gasteiger partial charge is 0.472 e. The van der Waals surface area contributed by atoms with Crippen molar-refractivity contribution < 1.29 is 37.9 Å². The minimum absolute atomic E-state index is 0.0498. The monoisotopic (exact) mass is 794 g/mol. The van der Waals surface area contributed by atoms with Gasteiger partial charge in [-0.3, -0.25) is 18.6 Å². The first kappa shape index (κ1) is 52.7. The molecule has 0 saturated carbocycles. The van der Waals surface area contributed by atoms with Crippen molar-refractivity contribution in [3.8, 4) is 0 Å². The Kier molecular flexibility index (Phi) is 39.6. The molecule has 0 rings (SSSR count). The average Bonchev–Trinajstić information content (AvgIpc) is 3.17. The summed E-state index contributed by atoms with van der Waals surface area (Å²) >= 11 is 0. The molecule has 9 nitrogen and oxygen atoms in total. The summed E-state index contributed by atoms with van der Waals surface area (Å²) in [5.41, 5.74) is 0. The standard InChI is InChI=1S/C45H80NO8P/c1-3-5-7-9-11-13-15-17-19-21-23-25-27-29-31-33-35-37-44(48)46-39-40-53-55(50,51)54-42-43(47)41-52-45(49)38-36-34-32-30-28-26-24-22-20-18-16-14-12-10-8-6-4-2/h11,13,17-20,23,25,29,31,43,47H,3-10,12,14-16,21-22,24,26-28,30,32-42H2,1-2H3,(H,46,48)(H,50,51)/b13-11-,19-17-,20-18-,25-23-,31-29-. The van der Waals surface area contributed by atoms with Crippen LogP contribution in [-0.2, 0) is 27.9 Å². The van der Waals surface area contributed by atoms with Crippen LogP contribution in [-0.4, -0.2) is 54.3 Å². The topological polar surface area (TPSA) is 131 Å². The van der Waals surface area contributed by atoms with Gasteiger partial charge in [-0.1, -0.05) is 152 Å². The first-order chi connectivity index (χ1) is 26.8. The van der Waals surface area contributed by atoms with Crippen LogP contribution in [0.25, 0.3) is 0 Å². The molecule has 0 aliphatic heterocycles. The van der Waals surface area contributed by atoms with E-state index in [-0.39, 0.29) is 32.1 Å². The smallest absolute Gasteiger partial charge is 0.463 e. The molecule has 0 aliphatic carbocycles. The molecule has 0 aromatic carbocycles. The first-order valence-corrected chi connectivity index (χ1v) is 23.3. The Morgan fingerprint density at radius 2 is 1.00 bits per heavy atom. The molecule has 2 unspecified atom stereocenters. The number of unbranched alkanes of at least 4 members (excludes halogenated alkanes) is 17. The first-order valence-electron chi connectivity index (χ1n) is 21.8. The molecule has 0 aromatic heterocycles. The zero-order chi connectivity index (χ0) is 40.3. The predicted molar refractivity (Wildman–Crippen MR) is 229 cm³/mol. The van der Waals surface area contributed by atoms with Gasteiger partial charge in [-0.2, -0.15) is 0 Å². The number of phosphoric acid groups is 1. The quantitative estimate of drug-likeness (QED) is 0.0242. The van der Waals surface area contributed by atoms with Crippen LogP contribution in [0.4, 0.5) is 0 Å². The molecule has 3 N–H and O–H groups in total. The second-order valence-corrected chi connectivity index (χ2v) is 15.8. The SMILES string of the molecule is CCCCC/C=C\C/C=C\C/C=C\C/C=C\CCCC(=O)NCCOP(=O)(O)OCC(O)COC(=O)CCCCCCCCC/C=C\CCCCCCCC. The summed E-state index contributed by atoms with van der Waals surface area (Å²) in [5.74, 6) is -0.580. The summed E-state index contributed by atoms with van der Waals surface area (Å²) in [6.07, 6.45) is 48.7. The van der Waals surface area contributed by atoms with Crippen LogP contribution in [0.2, 0.25) is 0 Å². The second kappa shape index (κ2) is 41.3. The van der Waals surface area contributed by atoms with E-state index in [9.17, 15) is 24.2 Å². The number of esters is 1. The molecule has 0 fully saturated rings. The number of aliphatic hydroxyl groups is 1. The third-order valence-electron chi connectivity index (χ3n) is 8.92. The van der Waals surface area contributed by atoms with Crippen LogP contribution < -0.4 is 5.32 Å². The van der Waals surface area contributed by atoms with E-state index in [2.05, 4.69) is 79.9 Å². The number of rotatable bonds is 40. The summed E-state index contributed by atoms with van der Waals surface area (Å²) in [4.78, 5) is 33.9. The van der Waals surface area contributed by atoms with Gasteiger partial charge in [-0.05, 0) is 77.0 Å². The van der Waals surface area contributed by atoms with Crippen molar-refractivity contribution in [3.63, 3.8) is 0 Å². The van der Waals surface area contributed by atoms with E-state index < -0.39 is 26.5 Å². The van der Waals surface area contributed by atoms with Gasteiger partial charge in [-0.15, -0.1) is 0 Å². The third kappa shape index (κ3) is 42.7. The molecule has 10 heteroatoms. The highest BCUT2D eigenvalue weighted by Crippen LogP contribution is 2.42. The number of hydrogen-bond donors (Lipinski definition) is 3. The summed E-state index contributed by atoms with van der Waals surface area (Å²) < 4.78 is 26.8. The minimum atomic E-state index is -4.43. The van der Waals surface area contributed by atoms with Gasteiger partial charge in [0.15, 0.2) is 0 Å². The number of phosphoric ester groups is 1. The highest BCUT2D eigenvalue weighted by molar-refractivity contribution is 7.47. The molecule has 0 aliphatic rings. The fourth-order valence-corrected chi connectivity index (χ4v) is 6.36. The summed E-state index contributed by atoms with van der Waals surface area (Å²) in [6, 6.07) is 0. The van der Waals surface area contributed by atoms with Crippen molar-refractivity contribution in [2.24, 2.45) is 0 Å². The van der Waals surface area contributed by atoms with Crippen LogP contribution in [0.5, 0.6) is 0 Å². The number of aliphatic hydroxyl groups excluding tert-OH is 1. The van der Waals surface area contributed by atoms with Crippen molar-refractivity contribution in [2.45, 2.75) is 187 Å². The van der Waals surface area contributed by atoms with Gasteiger partial charge >= 0.3 is 13.8 Å². The maximum absolute atomic E-state index is 12.1. The van der Waals surface area contributed by atoms with Gasteiger partial charge in [-0.25, -0.2) is 4.57 Å². The number of allylic oxidation sites excluding steroid dienone is 10. The van der Waals surface area contributed by atoms with E-state index in [0.29, 0.717) is 12.8 Å². The lowest BCUT2D eigenvalue weighted by Gasteiger charge is -2.15. The minimum Gasteiger partial charge on any atom is -0.463 e. The van der Waals surface area contributed by atoms with E-state index in [4.69, 9.17) is 13.8 Å². The molecule has 2 atom stereocenters. The number of ether oxygens (including phenoxy) is 1. The Hall–Kier alpha value is -2.29. The fraction of sp³-hybridized carbons (Fsp3) is 0.733. The van der Waals surface area contributed by atoms with E-state index in [1.807, 2.05) is 0 Å². The zero-order valence-electron chi connectivity index (χ0n) is 34.9. The summed E-state index contributed by atoms with van der Waals surface area (Å²) in [5, 5.41) is 12.7. The third-order valence-corrected chi connectivity index (χ3v) is 9.90. The molecular weight excluding hydrogens is 713 g/mol. The summed E-state index contributed by atoms with van der Waals surface area (Å²) in [6.45, 7) is 3.44. The highest BCUT2D eigenvalue weighted by Gasteiger charge is 2.23. The molecule has 0 spiro atoms. The molecule has 0 saturated heterocycles. The van der Waals surface area contributed by atoms with Gasteiger partial charge in [0.2, 0.25) is 5.91 Å². The molecule has 318 valence electrons. The van der Waals surface area contributed by atoms with Crippen molar-refractivity contribution in [1.82, 2.24) is 5.32 Å². The maximum Gasteiger partial charge on any atom is 0.472 e. The molecule has 55 heavy (non-hydrogen) atoms. The predicted octanol–water partition coefficient (Wildman–Crippen LogP) is 12.1. The van der Waals surface area contributed by atoms with Crippen LogP contribution in [0.15, 0.2) is 60.8 Å². The maximum atomic E-state index is 12.1. The molecule has 0 aromatic rings. The van der Waals surface area contributed by atoms with Crippen LogP contribution in [0.3, 0.4) is 0 Å². The summed E-state index contributed by atoms with van der Waals surface area (Å²) in [7, 11) is -4.43. The van der Waals surface area contributed by atoms with E-state index in [1.54, 1.807) is 0 Å². The lowest BCUT2D eigenvalue weighted by atomic mass is 10.1. The molecule has 0 heterocycles. The van der Waals surface area contributed by atoms with Crippen LogP contribution >= 0.6 is 7.82 Å². The van der Waals surface area contributed by atoms with Crippen LogP contribution in [0, 0.1) is 0 Å².